The largest absolute Gasteiger partial charge is 0.492 e. The average molecular weight is 642 g/mol. The highest BCUT2D eigenvalue weighted by Gasteiger charge is 2.34. The third-order valence-corrected chi connectivity index (χ3v) is 10.3. The molecule has 8 nitrogen and oxygen atoms in total. The average Bonchev–Trinajstić information content (AvgIpc) is 3.03. The lowest BCUT2D eigenvalue weighted by atomic mass is 9.95. The predicted octanol–water partition coefficient (Wildman–Crippen LogP) is 6.01. The van der Waals surface area contributed by atoms with E-state index in [1.165, 1.54) is 34.9 Å². The zero-order valence-electron chi connectivity index (χ0n) is 25.4. The fraction of sp³-hybridized carbons (Fsp3) is 0.394. The molecule has 236 valence electrons. The zero-order chi connectivity index (χ0) is 31.7. The van der Waals surface area contributed by atoms with Gasteiger partial charge in [0.05, 0.1) is 17.2 Å². The highest BCUT2D eigenvalue weighted by atomic mass is 32.2. The Morgan fingerprint density at radius 1 is 1.00 bits per heavy atom. The minimum Gasteiger partial charge on any atom is -0.492 e. The highest BCUT2D eigenvalue weighted by Crippen LogP contribution is 2.33. The van der Waals surface area contributed by atoms with Gasteiger partial charge in [0.15, 0.2) is 0 Å². The van der Waals surface area contributed by atoms with Crippen molar-refractivity contribution in [3.8, 4) is 5.75 Å². The minimum absolute atomic E-state index is 0.00172. The number of rotatable bonds is 13. The van der Waals surface area contributed by atoms with Gasteiger partial charge in [-0.05, 0) is 75.4 Å². The van der Waals surface area contributed by atoms with E-state index in [0.717, 1.165) is 41.3 Å². The summed E-state index contributed by atoms with van der Waals surface area (Å²) < 4.78 is 50.0. The van der Waals surface area contributed by atoms with Crippen molar-refractivity contribution in [1.82, 2.24) is 10.2 Å². The Morgan fingerprint density at radius 3 is 2.32 bits per heavy atom. The normalized spacial score (nSPS) is 14.5. The smallest absolute Gasteiger partial charge is 0.264 e. The van der Waals surface area contributed by atoms with Crippen LogP contribution in [0.25, 0.3) is 0 Å². The molecular formula is C33H40FN3O5S2. The van der Waals surface area contributed by atoms with E-state index in [9.17, 15) is 22.4 Å². The van der Waals surface area contributed by atoms with Gasteiger partial charge in [-0.15, -0.1) is 11.8 Å². The number of halogens is 1. The maximum absolute atomic E-state index is 14.8. The third kappa shape index (κ3) is 8.12. The SMILES string of the molecule is CCOc1ccccc1N(CC(=O)N(Cc1ccccc1F)C(C)C(=O)NC1CCCCC1)S(=O)(=O)c1ccc(SC)cc1. The predicted molar refractivity (Wildman–Crippen MR) is 172 cm³/mol. The maximum atomic E-state index is 14.8. The van der Waals surface area contributed by atoms with Gasteiger partial charge < -0.3 is 15.0 Å². The van der Waals surface area contributed by atoms with Gasteiger partial charge in [-0.3, -0.25) is 13.9 Å². The van der Waals surface area contributed by atoms with E-state index in [1.54, 1.807) is 68.4 Å². The summed E-state index contributed by atoms with van der Waals surface area (Å²) in [6.45, 7) is 2.80. The van der Waals surface area contributed by atoms with Crippen LogP contribution >= 0.6 is 11.8 Å². The van der Waals surface area contributed by atoms with Crippen LogP contribution in [-0.2, 0) is 26.2 Å². The summed E-state index contributed by atoms with van der Waals surface area (Å²) in [6.07, 6.45) is 6.75. The van der Waals surface area contributed by atoms with Crippen molar-refractivity contribution in [3.05, 3.63) is 84.2 Å². The molecule has 4 rings (SSSR count). The van der Waals surface area contributed by atoms with Crippen LogP contribution < -0.4 is 14.4 Å². The summed E-state index contributed by atoms with van der Waals surface area (Å²) in [4.78, 5) is 29.8. The Bertz CT molecular complexity index is 1530. The van der Waals surface area contributed by atoms with Gasteiger partial charge in [-0.2, -0.15) is 0 Å². The lowest BCUT2D eigenvalue weighted by Crippen LogP contribution is -2.53. The van der Waals surface area contributed by atoms with Crippen LogP contribution in [-0.4, -0.2) is 56.6 Å². The van der Waals surface area contributed by atoms with Crippen molar-refractivity contribution in [3.63, 3.8) is 0 Å². The van der Waals surface area contributed by atoms with Gasteiger partial charge in [0, 0.05) is 23.0 Å². The lowest BCUT2D eigenvalue weighted by molar-refractivity contribution is -0.139. The molecule has 3 aromatic carbocycles. The standard InChI is InChI=1S/C33H40FN3O5S2/c1-4-42-31-17-11-10-16-30(31)37(44(40,41)28-20-18-27(43-3)19-21-28)23-32(38)36(22-25-12-8-9-15-29(25)34)24(2)33(39)35-26-13-6-5-7-14-26/h8-12,15-21,24,26H,4-7,13-14,22-23H2,1-3H3,(H,35,39). The highest BCUT2D eigenvalue weighted by molar-refractivity contribution is 7.98. The fourth-order valence-corrected chi connectivity index (χ4v) is 7.12. The number of hydrogen-bond acceptors (Lipinski definition) is 6. The second-order valence-electron chi connectivity index (χ2n) is 10.7. The first kappa shape index (κ1) is 33.3. The van der Waals surface area contributed by atoms with Crippen molar-refractivity contribution in [2.24, 2.45) is 0 Å². The Kier molecular flexibility index (Phi) is 11.7. The van der Waals surface area contributed by atoms with Gasteiger partial charge in [0.1, 0.15) is 24.2 Å². The van der Waals surface area contributed by atoms with Gasteiger partial charge >= 0.3 is 0 Å². The number of ether oxygens (including phenoxy) is 1. The number of benzene rings is 3. The number of anilines is 1. The second kappa shape index (κ2) is 15.4. The number of carbonyl (C=O) groups excluding carboxylic acids is 2. The molecule has 1 atom stereocenters. The molecule has 0 saturated heterocycles. The molecule has 0 spiro atoms. The van der Waals surface area contributed by atoms with Crippen LogP contribution in [0, 0.1) is 5.82 Å². The molecular weight excluding hydrogens is 602 g/mol. The van der Waals surface area contributed by atoms with E-state index in [1.807, 2.05) is 6.26 Å². The van der Waals surface area contributed by atoms with Crippen LogP contribution in [0.1, 0.15) is 51.5 Å². The summed E-state index contributed by atoms with van der Waals surface area (Å²) in [6, 6.07) is 18.1. The molecule has 1 fully saturated rings. The Labute approximate surface area is 264 Å². The Morgan fingerprint density at radius 2 is 1.66 bits per heavy atom. The van der Waals surface area contributed by atoms with E-state index in [-0.39, 0.29) is 47.0 Å². The quantitative estimate of drug-likeness (QED) is 0.230. The molecule has 3 aromatic rings. The van der Waals surface area contributed by atoms with Crippen LogP contribution in [0.15, 0.2) is 82.6 Å². The van der Waals surface area contributed by atoms with Crippen LogP contribution in [0.2, 0.25) is 0 Å². The topological polar surface area (TPSA) is 96.0 Å². The Balaban J connectivity index is 1.72. The minimum atomic E-state index is -4.28. The summed E-state index contributed by atoms with van der Waals surface area (Å²) in [5.74, 6) is -1.25. The van der Waals surface area contributed by atoms with E-state index in [2.05, 4.69) is 5.32 Å². The molecule has 1 N–H and O–H groups in total. The van der Waals surface area contributed by atoms with Crippen LogP contribution in [0.5, 0.6) is 5.75 Å². The van der Waals surface area contributed by atoms with Crippen molar-refractivity contribution < 1.29 is 27.1 Å². The van der Waals surface area contributed by atoms with Crippen molar-refractivity contribution in [2.75, 3.05) is 23.7 Å². The Hall–Kier alpha value is -3.57. The monoisotopic (exact) mass is 641 g/mol. The first-order valence-electron chi connectivity index (χ1n) is 14.9. The number of para-hydroxylation sites is 2. The number of sulfonamides is 1. The molecule has 0 bridgehead atoms. The lowest BCUT2D eigenvalue weighted by Gasteiger charge is -2.33. The van der Waals surface area contributed by atoms with E-state index >= 15 is 0 Å². The van der Waals surface area contributed by atoms with Gasteiger partial charge in [0.25, 0.3) is 10.0 Å². The van der Waals surface area contributed by atoms with Crippen LogP contribution in [0.4, 0.5) is 10.1 Å². The zero-order valence-corrected chi connectivity index (χ0v) is 27.0. The van der Waals surface area contributed by atoms with Gasteiger partial charge in [-0.1, -0.05) is 49.6 Å². The second-order valence-corrected chi connectivity index (χ2v) is 13.5. The van der Waals surface area contributed by atoms with E-state index < -0.39 is 34.3 Å². The summed E-state index contributed by atoms with van der Waals surface area (Å²) in [5, 5.41) is 3.05. The van der Waals surface area contributed by atoms with Crippen LogP contribution in [0.3, 0.4) is 0 Å². The fourth-order valence-electron chi connectivity index (χ4n) is 5.29. The molecule has 2 amide bonds. The molecule has 1 aliphatic rings. The molecule has 1 saturated carbocycles. The summed E-state index contributed by atoms with van der Waals surface area (Å²) in [5.41, 5.74) is 0.400. The number of thioether (sulfide) groups is 1. The number of hydrogen-bond donors (Lipinski definition) is 1. The molecule has 0 aromatic heterocycles. The summed E-state index contributed by atoms with van der Waals surface area (Å²) >= 11 is 1.48. The first-order chi connectivity index (χ1) is 21.1. The maximum Gasteiger partial charge on any atom is 0.264 e. The molecule has 44 heavy (non-hydrogen) atoms. The van der Waals surface area contributed by atoms with Gasteiger partial charge in [-0.25, -0.2) is 12.8 Å². The van der Waals surface area contributed by atoms with Crippen molar-refractivity contribution in [1.29, 1.82) is 0 Å². The first-order valence-corrected chi connectivity index (χ1v) is 17.5. The number of nitrogens with zero attached hydrogens (tertiary/aromatic N) is 2. The van der Waals surface area contributed by atoms with E-state index in [4.69, 9.17) is 4.74 Å². The van der Waals surface area contributed by atoms with Gasteiger partial charge in [0.2, 0.25) is 11.8 Å². The van der Waals surface area contributed by atoms with Crippen molar-refractivity contribution >= 4 is 39.3 Å². The molecule has 11 heteroatoms. The number of amides is 2. The molecule has 1 aliphatic carbocycles. The molecule has 0 radical (unpaired) electrons. The number of carbonyl (C=O) groups is 2. The van der Waals surface area contributed by atoms with E-state index in [0.29, 0.717) is 0 Å². The molecule has 0 heterocycles. The molecule has 0 aliphatic heterocycles. The number of nitrogens with one attached hydrogen (secondary N) is 1. The third-order valence-electron chi connectivity index (χ3n) is 7.78. The summed E-state index contributed by atoms with van der Waals surface area (Å²) in [7, 11) is -4.28. The van der Waals surface area contributed by atoms with Crippen molar-refractivity contribution in [2.45, 2.75) is 74.4 Å². The molecule has 1 unspecified atom stereocenters.